The zero-order valence-electron chi connectivity index (χ0n) is 11.5. The highest BCUT2D eigenvalue weighted by atomic mass is 32.2. The van der Waals surface area contributed by atoms with E-state index in [9.17, 15) is 18.3 Å². The van der Waals surface area contributed by atoms with Crippen LogP contribution in [-0.2, 0) is 16.6 Å². The van der Waals surface area contributed by atoms with Crippen LogP contribution in [0.4, 0.5) is 5.69 Å². The van der Waals surface area contributed by atoms with Crippen molar-refractivity contribution in [2.75, 3.05) is 10.8 Å². The Morgan fingerprint density at radius 2 is 2.10 bits per heavy atom. The molecule has 1 aliphatic rings. The summed E-state index contributed by atoms with van der Waals surface area (Å²) in [6.07, 6.45) is 1.18. The van der Waals surface area contributed by atoms with Crippen LogP contribution in [0, 0.1) is 0 Å². The number of rotatable bonds is 4. The maximum Gasteiger partial charge on any atom is 0.336 e. The predicted molar refractivity (Wildman–Crippen MR) is 76.3 cm³/mol. The second-order valence-corrected chi connectivity index (χ2v) is 6.69. The molecule has 0 aromatic heterocycles. The fourth-order valence-corrected chi connectivity index (χ4v) is 3.92. The van der Waals surface area contributed by atoms with E-state index in [0.717, 1.165) is 0 Å². The van der Waals surface area contributed by atoms with E-state index in [2.05, 4.69) is 4.72 Å². The molecular weight excluding hydrogens is 280 g/mol. The summed E-state index contributed by atoms with van der Waals surface area (Å²) in [7, 11) is -3.65. The molecule has 6 nitrogen and oxygen atoms in total. The van der Waals surface area contributed by atoms with E-state index in [1.807, 2.05) is 0 Å². The normalized spacial score (nSPS) is 15.2. The van der Waals surface area contributed by atoms with Crippen LogP contribution in [0.15, 0.2) is 18.2 Å². The van der Waals surface area contributed by atoms with Crippen LogP contribution in [-0.4, -0.2) is 32.1 Å². The minimum atomic E-state index is -3.65. The highest BCUT2D eigenvalue weighted by molar-refractivity contribution is 7.90. The lowest BCUT2D eigenvalue weighted by molar-refractivity contribution is 0.0695. The topological polar surface area (TPSA) is 86.7 Å². The Morgan fingerprint density at radius 1 is 1.40 bits per heavy atom. The number of nitrogens with one attached hydrogen (secondary N) is 1. The fourth-order valence-electron chi connectivity index (χ4n) is 2.40. The van der Waals surface area contributed by atoms with Gasteiger partial charge < -0.3 is 5.11 Å². The Hall–Kier alpha value is -1.60. The van der Waals surface area contributed by atoms with Crippen molar-refractivity contribution in [2.45, 2.75) is 32.7 Å². The second kappa shape index (κ2) is 5.41. The lowest BCUT2D eigenvalue weighted by atomic mass is 9.98. The number of aromatic carboxylic acids is 1. The van der Waals surface area contributed by atoms with Gasteiger partial charge in [-0.2, -0.15) is 13.1 Å². The monoisotopic (exact) mass is 298 g/mol. The van der Waals surface area contributed by atoms with Gasteiger partial charge in [0.05, 0.1) is 11.3 Å². The standard InChI is InChI=1S/C13H18N2O4S/c1-9(2)14-20(18,19)15-8-4-6-10-11(13(16)17)5-3-7-12(10)15/h3,5,7,9,14H,4,6,8H2,1-2H3,(H,16,17). The third-order valence-corrected chi connectivity index (χ3v) is 4.84. The van der Waals surface area contributed by atoms with Crippen LogP contribution in [0.5, 0.6) is 0 Å². The van der Waals surface area contributed by atoms with Crippen LogP contribution in [0.2, 0.25) is 0 Å². The van der Waals surface area contributed by atoms with Crippen LogP contribution < -0.4 is 9.03 Å². The van der Waals surface area contributed by atoms with Gasteiger partial charge in [0, 0.05) is 12.6 Å². The van der Waals surface area contributed by atoms with Gasteiger partial charge in [-0.15, -0.1) is 0 Å². The Labute approximate surface area is 118 Å². The molecular formula is C13H18N2O4S. The lowest BCUT2D eigenvalue weighted by Crippen LogP contribution is -2.46. The van der Waals surface area contributed by atoms with Gasteiger partial charge in [-0.05, 0) is 44.4 Å². The van der Waals surface area contributed by atoms with Crippen molar-refractivity contribution in [3.8, 4) is 0 Å². The Kier molecular flexibility index (Phi) is 4.01. The molecule has 20 heavy (non-hydrogen) atoms. The van der Waals surface area contributed by atoms with Crippen molar-refractivity contribution in [2.24, 2.45) is 0 Å². The second-order valence-electron chi connectivity index (χ2n) is 5.06. The first kappa shape index (κ1) is 14.8. The number of carboxylic acid groups (broad SMARTS) is 1. The van der Waals surface area contributed by atoms with Crippen molar-refractivity contribution in [3.05, 3.63) is 29.3 Å². The first-order valence-corrected chi connectivity index (χ1v) is 7.92. The Bertz CT molecular complexity index is 625. The fraction of sp³-hybridized carbons (Fsp3) is 0.462. The van der Waals surface area contributed by atoms with Gasteiger partial charge >= 0.3 is 16.2 Å². The number of hydrogen-bond donors (Lipinski definition) is 2. The van der Waals surface area contributed by atoms with E-state index in [1.54, 1.807) is 26.0 Å². The highest BCUT2D eigenvalue weighted by Gasteiger charge is 2.29. The van der Waals surface area contributed by atoms with Crippen molar-refractivity contribution in [1.82, 2.24) is 4.72 Å². The molecule has 0 spiro atoms. The number of nitrogens with zero attached hydrogens (tertiary/aromatic N) is 1. The van der Waals surface area contributed by atoms with E-state index >= 15 is 0 Å². The number of benzene rings is 1. The molecule has 1 aliphatic heterocycles. The average molecular weight is 298 g/mol. The Balaban J connectivity index is 2.49. The van der Waals surface area contributed by atoms with Crippen molar-refractivity contribution < 1.29 is 18.3 Å². The molecule has 7 heteroatoms. The molecule has 0 bridgehead atoms. The van der Waals surface area contributed by atoms with Gasteiger partial charge in [0.1, 0.15) is 0 Å². The summed E-state index contributed by atoms with van der Waals surface area (Å²) in [5, 5.41) is 9.19. The molecule has 1 aromatic rings. The number of hydrogen-bond acceptors (Lipinski definition) is 3. The molecule has 0 saturated carbocycles. The van der Waals surface area contributed by atoms with Crippen LogP contribution >= 0.6 is 0 Å². The first-order chi connectivity index (χ1) is 9.33. The Morgan fingerprint density at radius 3 is 2.70 bits per heavy atom. The molecule has 2 N–H and O–H groups in total. The summed E-state index contributed by atoms with van der Waals surface area (Å²) >= 11 is 0. The maximum absolute atomic E-state index is 12.3. The smallest absolute Gasteiger partial charge is 0.336 e. The zero-order chi connectivity index (χ0) is 14.9. The molecule has 0 fully saturated rings. The van der Waals surface area contributed by atoms with Gasteiger partial charge in [0.15, 0.2) is 0 Å². The quantitative estimate of drug-likeness (QED) is 0.879. The van der Waals surface area contributed by atoms with Crippen LogP contribution in [0.1, 0.15) is 36.2 Å². The summed E-state index contributed by atoms with van der Waals surface area (Å²) in [6.45, 7) is 3.85. The largest absolute Gasteiger partial charge is 0.478 e. The number of anilines is 1. The molecule has 0 saturated heterocycles. The minimum absolute atomic E-state index is 0.173. The van der Waals surface area contributed by atoms with E-state index < -0.39 is 16.2 Å². The molecule has 0 amide bonds. The van der Waals surface area contributed by atoms with E-state index in [4.69, 9.17) is 0 Å². The highest BCUT2D eigenvalue weighted by Crippen LogP contribution is 2.31. The van der Waals surface area contributed by atoms with Crippen molar-refractivity contribution >= 4 is 21.9 Å². The first-order valence-electron chi connectivity index (χ1n) is 6.48. The predicted octanol–water partition coefficient (Wildman–Crippen LogP) is 1.38. The molecule has 110 valence electrons. The van der Waals surface area contributed by atoms with E-state index in [0.29, 0.717) is 30.6 Å². The van der Waals surface area contributed by atoms with Gasteiger partial charge in [-0.3, -0.25) is 4.31 Å². The lowest BCUT2D eigenvalue weighted by Gasteiger charge is -2.31. The van der Waals surface area contributed by atoms with Crippen LogP contribution in [0.3, 0.4) is 0 Å². The summed E-state index contributed by atoms with van der Waals surface area (Å²) < 4.78 is 28.4. The molecule has 0 aliphatic carbocycles. The van der Waals surface area contributed by atoms with Crippen molar-refractivity contribution in [3.63, 3.8) is 0 Å². The third-order valence-electron chi connectivity index (χ3n) is 3.11. The molecule has 1 aromatic carbocycles. The minimum Gasteiger partial charge on any atom is -0.478 e. The van der Waals surface area contributed by atoms with E-state index in [1.165, 1.54) is 10.4 Å². The van der Waals surface area contributed by atoms with Gasteiger partial charge in [0.2, 0.25) is 0 Å². The zero-order valence-corrected chi connectivity index (χ0v) is 12.3. The van der Waals surface area contributed by atoms with Crippen LogP contribution in [0.25, 0.3) is 0 Å². The molecule has 0 atom stereocenters. The van der Waals surface area contributed by atoms with E-state index in [-0.39, 0.29) is 11.6 Å². The molecule has 2 rings (SSSR count). The summed E-state index contributed by atoms with van der Waals surface area (Å²) in [4.78, 5) is 11.2. The summed E-state index contributed by atoms with van der Waals surface area (Å²) in [5.74, 6) is -1.03. The van der Waals surface area contributed by atoms with Gasteiger partial charge in [-0.25, -0.2) is 4.79 Å². The van der Waals surface area contributed by atoms with Gasteiger partial charge in [0.25, 0.3) is 0 Å². The number of fused-ring (bicyclic) bond motifs is 1. The average Bonchev–Trinajstić information content (AvgIpc) is 2.35. The van der Waals surface area contributed by atoms with Crippen molar-refractivity contribution in [1.29, 1.82) is 0 Å². The maximum atomic E-state index is 12.3. The summed E-state index contributed by atoms with van der Waals surface area (Å²) in [5.41, 5.74) is 1.22. The third kappa shape index (κ3) is 2.78. The number of carbonyl (C=O) groups is 1. The molecule has 0 radical (unpaired) electrons. The van der Waals surface area contributed by atoms with Gasteiger partial charge in [-0.1, -0.05) is 6.07 Å². The molecule has 1 heterocycles. The SMILES string of the molecule is CC(C)NS(=O)(=O)N1CCCc2c(C(=O)O)cccc21. The number of carboxylic acids is 1. The molecule has 0 unspecified atom stereocenters. The summed E-state index contributed by atoms with van der Waals surface area (Å²) in [6, 6.07) is 4.52.